The minimum absolute atomic E-state index is 0.427. The lowest BCUT2D eigenvalue weighted by molar-refractivity contribution is -0.275. The highest BCUT2D eigenvalue weighted by atomic mass is 79.9. The summed E-state index contributed by atoms with van der Waals surface area (Å²) >= 11 is 2.50. The van der Waals surface area contributed by atoms with Crippen LogP contribution in [-0.4, -0.2) is 11.3 Å². The van der Waals surface area contributed by atoms with Crippen LogP contribution in [0.25, 0.3) is 0 Å². The number of aromatic nitrogens is 1. The zero-order valence-corrected chi connectivity index (χ0v) is 7.79. The van der Waals surface area contributed by atoms with Crippen molar-refractivity contribution in [3.63, 3.8) is 0 Å². The van der Waals surface area contributed by atoms with Crippen LogP contribution in [0.4, 0.5) is 22.0 Å². The highest BCUT2D eigenvalue weighted by molar-refractivity contribution is 9.10. The molecule has 2 nitrogen and oxygen atoms in total. The van der Waals surface area contributed by atoms with Crippen molar-refractivity contribution in [1.29, 1.82) is 0 Å². The first-order valence-corrected chi connectivity index (χ1v) is 3.86. The summed E-state index contributed by atoms with van der Waals surface area (Å²) < 4.78 is 62.8. The molecule has 1 aromatic heterocycles. The maximum atomic E-state index is 12.7. The van der Waals surface area contributed by atoms with E-state index in [1.54, 1.807) is 0 Å². The van der Waals surface area contributed by atoms with Gasteiger partial charge < -0.3 is 4.74 Å². The van der Waals surface area contributed by atoms with E-state index in [1.807, 2.05) is 0 Å². The first-order valence-electron chi connectivity index (χ1n) is 3.06. The lowest BCUT2D eigenvalue weighted by atomic mass is 10.4. The molecular formula is C6HBrF5NO. The summed E-state index contributed by atoms with van der Waals surface area (Å²) in [5, 5.41) is 0. The molecule has 1 rings (SSSR count). The molecule has 8 heteroatoms. The van der Waals surface area contributed by atoms with Crippen LogP contribution in [0.15, 0.2) is 10.8 Å². The van der Waals surface area contributed by atoms with Crippen molar-refractivity contribution in [2.75, 3.05) is 0 Å². The fourth-order valence-corrected chi connectivity index (χ4v) is 0.900. The summed E-state index contributed by atoms with van der Waals surface area (Å²) in [7, 11) is 0. The van der Waals surface area contributed by atoms with Crippen molar-refractivity contribution in [3.8, 4) is 5.75 Å². The molecule has 78 valence electrons. The zero-order chi connectivity index (χ0) is 10.9. The molecule has 0 aliphatic heterocycles. The topological polar surface area (TPSA) is 22.1 Å². The van der Waals surface area contributed by atoms with Gasteiger partial charge in [0.25, 0.3) is 0 Å². The Morgan fingerprint density at radius 3 is 2.29 bits per heavy atom. The molecule has 0 aliphatic carbocycles. The number of ether oxygens (including phenoxy) is 1. The second kappa shape index (κ2) is 3.68. The lowest BCUT2D eigenvalue weighted by Crippen LogP contribution is -2.18. The van der Waals surface area contributed by atoms with Crippen molar-refractivity contribution in [2.24, 2.45) is 0 Å². The van der Waals surface area contributed by atoms with Crippen molar-refractivity contribution < 1.29 is 26.7 Å². The van der Waals surface area contributed by atoms with E-state index in [-0.39, 0.29) is 0 Å². The van der Waals surface area contributed by atoms with E-state index in [1.165, 1.54) is 0 Å². The average Bonchev–Trinajstić information content (AvgIpc) is 2.04. The second-order valence-corrected chi connectivity index (χ2v) is 2.84. The lowest BCUT2D eigenvalue weighted by Gasteiger charge is -2.09. The summed E-state index contributed by atoms with van der Waals surface area (Å²) in [4.78, 5) is 3.10. The van der Waals surface area contributed by atoms with Gasteiger partial charge in [-0.05, 0) is 15.9 Å². The third kappa shape index (κ3) is 2.53. The molecular weight excluding hydrogens is 277 g/mol. The van der Waals surface area contributed by atoms with Crippen molar-refractivity contribution in [2.45, 2.75) is 6.36 Å². The molecule has 0 amide bonds. The Morgan fingerprint density at radius 2 is 1.79 bits per heavy atom. The number of hydrogen-bond donors (Lipinski definition) is 0. The summed E-state index contributed by atoms with van der Waals surface area (Å²) in [5.41, 5.74) is 0. The number of nitrogens with zero attached hydrogens (tertiary/aromatic N) is 1. The van der Waals surface area contributed by atoms with Crippen LogP contribution in [0, 0.1) is 11.6 Å². The van der Waals surface area contributed by atoms with Gasteiger partial charge in [0.2, 0.25) is 5.82 Å². The van der Waals surface area contributed by atoms with Gasteiger partial charge >= 0.3 is 6.36 Å². The zero-order valence-electron chi connectivity index (χ0n) is 6.20. The summed E-state index contributed by atoms with van der Waals surface area (Å²) in [6, 6.07) is 0. The predicted molar refractivity (Wildman–Crippen MR) is 38.5 cm³/mol. The summed E-state index contributed by atoms with van der Waals surface area (Å²) in [6.07, 6.45) is -4.65. The molecule has 0 bridgehead atoms. The van der Waals surface area contributed by atoms with E-state index in [0.29, 0.717) is 6.20 Å². The Bertz CT molecular complexity index is 353. The van der Waals surface area contributed by atoms with E-state index in [0.717, 1.165) is 0 Å². The van der Waals surface area contributed by atoms with Crippen LogP contribution in [-0.2, 0) is 0 Å². The maximum Gasteiger partial charge on any atom is 0.573 e. The van der Waals surface area contributed by atoms with Gasteiger partial charge in [0.05, 0.1) is 6.20 Å². The van der Waals surface area contributed by atoms with E-state index in [9.17, 15) is 22.0 Å². The molecule has 1 aromatic rings. The van der Waals surface area contributed by atoms with Crippen LogP contribution in [0.3, 0.4) is 0 Å². The average molecular weight is 278 g/mol. The number of rotatable bonds is 1. The van der Waals surface area contributed by atoms with E-state index >= 15 is 0 Å². The Hall–Kier alpha value is -0.920. The second-order valence-electron chi connectivity index (χ2n) is 2.09. The molecule has 0 aromatic carbocycles. The standard InChI is InChI=1S/C6HBrF5NO/c7-5-4(9)3(8)2(1-13-5)14-6(10,11)12/h1H. The minimum atomic E-state index is -5.08. The fourth-order valence-electron chi connectivity index (χ4n) is 0.623. The van der Waals surface area contributed by atoms with Gasteiger partial charge in [-0.2, -0.15) is 4.39 Å². The Labute approximate surface area is 82.8 Å². The number of alkyl halides is 3. The van der Waals surface area contributed by atoms with Gasteiger partial charge in [-0.1, -0.05) is 0 Å². The SMILES string of the molecule is Fc1c(OC(F)(F)F)cnc(Br)c1F. The van der Waals surface area contributed by atoms with Crippen LogP contribution in [0.1, 0.15) is 0 Å². The van der Waals surface area contributed by atoms with E-state index < -0.39 is 28.3 Å². The molecule has 14 heavy (non-hydrogen) atoms. The van der Waals surface area contributed by atoms with Gasteiger partial charge in [0.1, 0.15) is 4.60 Å². The molecule has 0 unspecified atom stereocenters. The van der Waals surface area contributed by atoms with Crippen LogP contribution in [0.5, 0.6) is 5.75 Å². The highest BCUT2D eigenvalue weighted by Gasteiger charge is 2.33. The fraction of sp³-hybridized carbons (Fsp3) is 0.167. The summed E-state index contributed by atoms with van der Waals surface area (Å²) in [6.45, 7) is 0. The quantitative estimate of drug-likeness (QED) is 0.582. The Morgan fingerprint density at radius 1 is 1.21 bits per heavy atom. The Balaban J connectivity index is 3.06. The number of pyridine rings is 1. The third-order valence-corrected chi connectivity index (χ3v) is 1.66. The van der Waals surface area contributed by atoms with Gasteiger partial charge in [-0.3, -0.25) is 0 Å². The van der Waals surface area contributed by atoms with Gasteiger partial charge in [-0.25, -0.2) is 9.37 Å². The van der Waals surface area contributed by atoms with Gasteiger partial charge in [0.15, 0.2) is 11.6 Å². The monoisotopic (exact) mass is 277 g/mol. The number of halogens is 6. The van der Waals surface area contributed by atoms with Crippen molar-refractivity contribution in [3.05, 3.63) is 22.4 Å². The van der Waals surface area contributed by atoms with Crippen LogP contribution >= 0.6 is 15.9 Å². The molecule has 0 fully saturated rings. The van der Waals surface area contributed by atoms with E-state index in [2.05, 4.69) is 25.7 Å². The van der Waals surface area contributed by atoms with E-state index in [4.69, 9.17) is 0 Å². The first kappa shape index (κ1) is 11.2. The predicted octanol–water partition coefficient (Wildman–Crippen LogP) is 3.02. The summed E-state index contributed by atoms with van der Waals surface area (Å²) in [5.74, 6) is -4.59. The van der Waals surface area contributed by atoms with Crippen LogP contribution in [0.2, 0.25) is 0 Å². The molecule has 0 saturated heterocycles. The largest absolute Gasteiger partial charge is 0.573 e. The molecule has 0 saturated carbocycles. The number of hydrogen-bond acceptors (Lipinski definition) is 2. The molecule has 0 atom stereocenters. The molecule has 0 aliphatic rings. The third-order valence-electron chi connectivity index (χ3n) is 1.11. The molecule has 1 heterocycles. The van der Waals surface area contributed by atoms with Crippen LogP contribution < -0.4 is 4.74 Å². The van der Waals surface area contributed by atoms with Gasteiger partial charge in [0, 0.05) is 0 Å². The Kier molecular flexibility index (Phi) is 2.93. The molecule has 0 radical (unpaired) electrons. The first-order chi connectivity index (χ1) is 6.31. The maximum absolute atomic E-state index is 12.7. The highest BCUT2D eigenvalue weighted by Crippen LogP contribution is 2.28. The molecule has 0 spiro atoms. The molecule has 0 N–H and O–H groups in total. The normalized spacial score (nSPS) is 11.6. The van der Waals surface area contributed by atoms with Gasteiger partial charge in [-0.15, -0.1) is 13.2 Å². The minimum Gasteiger partial charge on any atom is -0.401 e. The van der Waals surface area contributed by atoms with Crippen molar-refractivity contribution in [1.82, 2.24) is 4.98 Å². The van der Waals surface area contributed by atoms with Crippen molar-refractivity contribution >= 4 is 15.9 Å². The smallest absolute Gasteiger partial charge is 0.401 e.